The molecule has 1 heterocycles. The SMILES string of the molecule is Cc1ccc(NC(=O)c2cc(C(=O)Nc3c(C)cc(C)cc3C)ccn2)cc1. The average Bonchev–Trinajstić information content (AvgIpc) is 2.66. The van der Waals surface area contributed by atoms with Crippen LogP contribution in [0.4, 0.5) is 11.4 Å². The number of hydrogen-bond donors (Lipinski definition) is 2. The zero-order valence-corrected chi connectivity index (χ0v) is 16.5. The molecule has 0 saturated carbocycles. The molecule has 3 aromatic rings. The molecule has 1 aromatic heterocycles. The molecule has 0 bridgehead atoms. The largest absolute Gasteiger partial charge is 0.322 e. The lowest BCUT2D eigenvalue weighted by Gasteiger charge is -2.13. The third-order valence-electron chi connectivity index (χ3n) is 4.48. The van der Waals surface area contributed by atoms with Crippen LogP contribution in [0, 0.1) is 27.7 Å². The standard InChI is InChI=1S/C23H23N3O2/c1-14-5-7-19(8-6-14)25-23(28)20-13-18(9-10-24-20)22(27)26-21-16(3)11-15(2)12-17(21)4/h5-13H,1-4H3,(H,25,28)(H,26,27). The van der Waals surface area contributed by atoms with Gasteiger partial charge in [0.25, 0.3) is 11.8 Å². The van der Waals surface area contributed by atoms with Crippen molar-refractivity contribution in [2.75, 3.05) is 10.6 Å². The molecule has 142 valence electrons. The van der Waals surface area contributed by atoms with Crippen molar-refractivity contribution in [1.29, 1.82) is 0 Å². The lowest BCUT2D eigenvalue weighted by Crippen LogP contribution is -2.17. The number of carbonyl (C=O) groups is 2. The molecule has 28 heavy (non-hydrogen) atoms. The second kappa shape index (κ2) is 8.05. The summed E-state index contributed by atoms with van der Waals surface area (Å²) in [7, 11) is 0. The number of anilines is 2. The third-order valence-corrected chi connectivity index (χ3v) is 4.48. The molecule has 0 atom stereocenters. The van der Waals surface area contributed by atoms with E-state index in [2.05, 4.69) is 15.6 Å². The topological polar surface area (TPSA) is 71.1 Å². The zero-order valence-electron chi connectivity index (χ0n) is 16.5. The highest BCUT2D eigenvalue weighted by Gasteiger charge is 2.14. The van der Waals surface area contributed by atoms with Gasteiger partial charge in [0.15, 0.2) is 0 Å². The molecule has 0 radical (unpaired) electrons. The van der Waals surface area contributed by atoms with E-state index in [9.17, 15) is 9.59 Å². The van der Waals surface area contributed by atoms with Crippen molar-refractivity contribution in [3.8, 4) is 0 Å². The first-order chi connectivity index (χ1) is 13.3. The number of benzene rings is 2. The van der Waals surface area contributed by atoms with Crippen molar-refractivity contribution < 1.29 is 9.59 Å². The summed E-state index contributed by atoms with van der Waals surface area (Å²) in [6.07, 6.45) is 1.47. The van der Waals surface area contributed by atoms with Gasteiger partial charge in [-0.1, -0.05) is 35.4 Å². The Hall–Kier alpha value is -3.47. The monoisotopic (exact) mass is 373 g/mol. The molecule has 0 spiro atoms. The maximum Gasteiger partial charge on any atom is 0.274 e. The maximum atomic E-state index is 12.7. The van der Waals surface area contributed by atoms with Gasteiger partial charge in [-0.05, 0) is 63.1 Å². The average molecular weight is 373 g/mol. The molecule has 2 N–H and O–H groups in total. The fourth-order valence-corrected chi connectivity index (χ4v) is 3.09. The molecule has 0 saturated heterocycles. The minimum absolute atomic E-state index is 0.186. The molecule has 2 aromatic carbocycles. The first kappa shape index (κ1) is 19.3. The number of rotatable bonds is 4. The van der Waals surface area contributed by atoms with Crippen LogP contribution in [-0.4, -0.2) is 16.8 Å². The van der Waals surface area contributed by atoms with E-state index < -0.39 is 0 Å². The first-order valence-corrected chi connectivity index (χ1v) is 9.07. The number of aryl methyl sites for hydroxylation is 4. The number of pyridine rings is 1. The summed E-state index contributed by atoms with van der Waals surface area (Å²) in [5.41, 5.74) is 6.28. The minimum atomic E-state index is -0.360. The van der Waals surface area contributed by atoms with Crippen molar-refractivity contribution in [2.45, 2.75) is 27.7 Å². The molecular formula is C23H23N3O2. The molecular weight excluding hydrogens is 350 g/mol. The number of nitrogens with zero attached hydrogens (tertiary/aromatic N) is 1. The predicted molar refractivity (Wildman–Crippen MR) is 112 cm³/mol. The van der Waals surface area contributed by atoms with Crippen molar-refractivity contribution >= 4 is 23.2 Å². The van der Waals surface area contributed by atoms with Gasteiger partial charge >= 0.3 is 0 Å². The van der Waals surface area contributed by atoms with Crippen LogP contribution < -0.4 is 10.6 Å². The van der Waals surface area contributed by atoms with Gasteiger partial charge in [-0.2, -0.15) is 0 Å². The van der Waals surface area contributed by atoms with Gasteiger partial charge in [0.1, 0.15) is 5.69 Å². The zero-order chi connectivity index (χ0) is 20.3. The van der Waals surface area contributed by atoms with E-state index in [4.69, 9.17) is 0 Å². The Morgan fingerprint density at radius 1 is 0.750 bits per heavy atom. The van der Waals surface area contributed by atoms with Crippen molar-refractivity contribution in [3.05, 3.63) is 88.2 Å². The molecule has 0 aliphatic heterocycles. The van der Waals surface area contributed by atoms with Gasteiger partial charge in [-0.15, -0.1) is 0 Å². The number of amides is 2. The highest BCUT2D eigenvalue weighted by Crippen LogP contribution is 2.22. The van der Waals surface area contributed by atoms with Gasteiger partial charge in [0, 0.05) is 23.1 Å². The molecule has 0 unspecified atom stereocenters. The summed E-state index contributed by atoms with van der Waals surface area (Å²) in [4.78, 5) is 29.3. The van der Waals surface area contributed by atoms with Crippen LogP contribution in [-0.2, 0) is 0 Å². The Labute approximate surface area is 164 Å². The Kier molecular flexibility index (Phi) is 5.54. The van der Waals surface area contributed by atoms with E-state index in [1.54, 1.807) is 6.07 Å². The van der Waals surface area contributed by atoms with E-state index in [1.807, 2.05) is 64.1 Å². The smallest absolute Gasteiger partial charge is 0.274 e. The number of carbonyl (C=O) groups excluding carboxylic acids is 2. The summed E-state index contributed by atoms with van der Waals surface area (Å²) in [6.45, 7) is 7.92. The lowest BCUT2D eigenvalue weighted by molar-refractivity contribution is 0.102. The molecule has 5 nitrogen and oxygen atoms in total. The van der Waals surface area contributed by atoms with E-state index in [-0.39, 0.29) is 17.5 Å². The van der Waals surface area contributed by atoms with Crippen LogP contribution in [0.1, 0.15) is 43.1 Å². The van der Waals surface area contributed by atoms with Crippen LogP contribution in [0.2, 0.25) is 0 Å². The summed E-state index contributed by atoms with van der Waals surface area (Å²) >= 11 is 0. The quantitative estimate of drug-likeness (QED) is 0.689. The first-order valence-electron chi connectivity index (χ1n) is 9.07. The van der Waals surface area contributed by atoms with E-state index >= 15 is 0 Å². The fraction of sp³-hybridized carbons (Fsp3) is 0.174. The summed E-state index contributed by atoms with van der Waals surface area (Å²) < 4.78 is 0. The normalized spacial score (nSPS) is 10.4. The minimum Gasteiger partial charge on any atom is -0.322 e. The van der Waals surface area contributed by atoms with Crippen LogP contribution in [0.5, 0.6) is 0 Å². The lowest BCUT2D eigenvalue weighted by atomic mass is 10.0. The Morgan fingerprint density at radius 3 is 2.04 bits per heavy atom. The van der Waals surface area contributed by atoms with Crippen LogP contribution in [0.25, 0.3) is 0 Å². The third kappa shape index (κ3) is 4.43. The van der Waals surface area contributed by atoms with Crippen molar-refractivity contribution in [1.82, 2.24) is 4.98 Å². The van der Waals surface area contributed by atoms with Gasteiger partial charge in [0.05, 0.1) is 0 Å². The fourth-order valence-electron chi connectivity index (χ4n) is 3.09. The molecule has 0 aliphatic rings. The summed E-state index contributed by atoms with van der Waals surface area (Å²) in [5, 5.41) is 5.74. The summed E-state index contributed by atoms with van der Waals surface area (Å²) in [5.74, 6) is -0.636. The van der Waals surface area contributed by atoms with Gasteiger partial charge in [0.2, 0.25) is 0 Å². The van der Waals surface area contributed by atoms with Crippen LogP contribution >= 0.6 is 0 Å². The van der Waals surface area contributed by atoms with Crippen molar-refractivity contribution in [2.24, 2.45) is 0 Å². The van der Waals surface area contributed by atoms with Gasteiger partial charge in [-0.25, -0.2) is 0 Å². The highest BCUT2D eigenvalue weighted by atomic mass is 16.2. The molecule has 3 rings (SSSR count). The van der Waals surface area contributed by atoms with Crippen LogP contribution in [0.3, 0.4) is 0 Å². The highest BCUT2D eigenvalue weighted by molar-refractivity contribution is 6.08. The van der Waals surface area contributed by atoms with E-state index in [1.165, 1.54) is 12.3 Å². The number of nitrogens with one attached hydrogen (secondary N) is 2. The second-order valence-electron chi connectivity index (χ2n) is 6.98. The second-order valence-corrected chi connectivity index (χ2v) is 6.98. The molecule has 5 heteroatoms. The Morgan fingerprint density at radius 2 is 1.39 bits per heavy atom. The summed E-state index contributed by atoms with van der Waals surface area (Å²) in [6, 6.07) is 14.6. The predicted octanol–water partition coefficient (Wildman–Crippen LogP) is 4.82. The van der Waals surface area contributed by atoms with E-state index in [0.29, 0.717) is 11.3 Å². The van der Waals surface area contributed by atoms with Crippen LogP contribution in [0.15, 0.2) is 54.7 Å². The van der Waals surface area contributed by atoms with Gasteiger partial charge in [-0.3, -0.25) is 14.6 Å². The number of hydrogen-bond acceptors (Lipinski definition) is 3. The van der Waals surface area contributed by atoms with E-state index in [0.717, 1.165) is 27.9 Å². The molecule has 0 aliphatic carbocycles. The Bertz CT molecular complexity index is 1020. The van der Waals surface area contributed by atoms with Crippen molar-refractivity contribution in [3.63, 3.8) is 0 Å². The Balaban J connectivity index is 1.78. The van der Waals surface area contributed by atoms with Gasteiger partial charge < -0.3 is 10.6 Å². The maximum absolute atomic E-state index is 12.7. The molecule has 2 amide bonds. The number of aromatic nitrogens is 1. The molecule has 0 fully saturated rings.